The minimum Gasteiger partial charge on any atom is -0.493 e. The van der Waals surface area contributed by atoms with Gasteiger partial charge in [-0.3, -0.25) is 9.59 Å². The lowest BCUT2D eigenvalue weighted by Crippen LogP contribution is -2.18. The van der Waals surface area contributed by atoms with Crippen molar-refractivity contribution < 1.29 is 15.0 Å². The van der Waals surface area contributed by atoms with E-state index in [0.29, 0.717) is 0 Å². The van der Waals surface area contributed by atoms with Gasteiger partial charge in [-0.25, -0.2) is 0 Å². The smallest absolute Gasteiger partial charge is 0.316 e. The predicted molar refractivity (Wildman–Crippen MR) is 78.7 cm³/mol. The van der Waals surface area contributed by atoms with E-state index in [1.807, 2.05) is 30.3 Å². The highest BCUT2D eigenvalue weighted by molar-refractivity contribution is 8.00. The van der Waals surface area contributed by atoms with Crippen LogP contribution in [0.1, 0.15) is 18.1 Å². The highest BCUT2D eigenvalue weighted by atomic mass is 32.2. The van der Waals surface area contributed by atoms with Gasteiger partial charge in [-0.1, -0.05) is 42.1 Å². The van der Waals surface area contributed by atoms with Gasteiger partial charge in [0, 0.05) is 6.42 Å². The fraction of sp³-hybridized carbons (Fsp3) is 0.214. The van der Waals surface area contributed by atoms with Gasteiger partial charge in [0.1, 0.15) is 5.25 Å². The van der Waals surface area contributed by atoms with Gasteiger partial charge in [0.15, 0.2) is 5.16 Å². The van der Waals surface area contributed by atoms with E-state index in [1.165, 1.54) is 6.92 Å². The van der Waals surface area contributed by atoms with Crippen molar-refractivity contribution >= 4 is 17.7 Å². The Labute approximate surface area is 124 Å². The van der Waals surface area contributed by atoms with Gasteiger partial charge >= 0.3 is 5.97 Å². The summed E-state index contributed by atoms with van der Waals surface area (Å²) in [6.07, 6.45) is 0.258. The van der Waals surface area contributed by atoms with Crippen LogP contribution in [0, 0.1) is 0 Å². The molecular weight excluding hydrogens is 292 g/mol. The fourth-order valence-corrected chi connectivity index (χ4v) is 2.43. The van der Waals surface area contributed by atoms with Gasteiger partial charge in [-0.05, 0) is 12.5 Å². The van der Waals surface area contributed by atoms with Gasteiger partial charge in [0.2, 0.25) is 5.88 Å². The standard InChI is InChI=1S/C14H14N2O4S/c1-8(13(19)20)21-14-15-11(17)10(12(18)16-14)7-9-5-3-2-4-6-9/h2-6,8H,7H2,1H3,(H,19,20)(H2,15,16,17,18). The van der Waals surface area contributed by atoms with Crippen LogP contribution in [0.3, 0.4) is 0 Å². The number of benzene rings is 1. The molecule has 0 amide bonds. The zero-order valence-corrected chi connectivity index (χ0v) is 12.1. The molecule has 0 aliphatic rings. The van der Waals surface area contributed by atoms with Crippen molar-refractivity contribution in [2.24, 2.45) is 0 Å². The molecule has 0 aliphatic heterocycles. The van der Waals surface area contributed by atoms with Crippen LogP contribution in [0.15, 0.2) is 40.3 Å². The van der Waals surface area contributed by atoms with E-state index < -0.39 is 16.8 Å². The molecule has 21 heavy (non-hydrogen) atoms. The second-order valence-electron chi connectivity index (χ2n) is 4.43. The summed E-state index contributed by atoms with van der Waals surface area (Å²) >= 11 is 0.869. The average Bonchev–Trinajstić information content (AvgIpc) is 2.44. The molecule has 2 rings (SSSR count). The monoisotopic (exact) mass is 306 g/mol. The number of hydrogen-bond acceptors (Lipinski definition) is 5. The summed E-state index contributed by atoms with van der Waals surface area (Å²) in [6, 6.07) is 9.22. The fourth-order valence-electron chi connectivity index (χ4n) is 1.70. The maximum Gasteiger partial charge on any atom is 0.316 e. The highest BCUT2D eigenvalue weighted by Gasteiger charge is 2.17. The molecule has 0 bridgehead atoms. The van der Waals surface area contributed by atoms with Crippen LogP contribution >= 0.6 is 11.8 Å². The van der Waals surface area contributed by atoms with Crippen molar-refractivity contribution in [3.63, 3.8) is 0 Å². The predicted octanol–water partition coefficient (Wildman–Crippen LogP) is 1.63. The first-order chi connectivity index (χ1) is 9.97. The molecule has 1 aromatic carbocycles. The Morgan fingerprint density at radius 3 is 2.62 bits per heavy atom. The largest absolute Gasteiger partial charge is 0.493 e. The van der Waals surface area contributed by atoms with Crippen LogP contribution in [-0.2, 0) is 11.2 Å². The maximum absolute atomic E-state index is 12.0. The van der Waals surface area contributed by atoms with Gasteiger partial charge in [-0.15, -0.1) is 0 Å². The normalized spacial score (nSPS) is 12.0. The molecule has 1 atom stereocenters. The van der Waals surface area contributed by atoms with Gasteiger partial charge in [0.25, 0.3) is 5.56 Å². The second-order valence-corrected chi connectivity index (χ2v) is 5.76. The molecule has 0 spiro atoms. The van der Waals surface area contributed by atoms with E-state index in [9.17, 15) is 14.7 Å². The van der Waals surface area contributed by atoms with Crippen LogP contribution in [0.2, 0.25) is 0 Å². The zero-order valence-electron chi connectivity index (χ0n) is 11.2. The number of H-pyrrole nitrogens is 1. The van der Waals surface area contributed by atoms with E-state index >= 15 is 0 Å². The van der Waals surface area contributed by atoms with Crippen LogP contribution in [-0.4, -0.2) is 31.4 Å². The molecule has 2 aromatic rings. The van der Waals surface area contributed by atoms with Crippen molar-refractivity contribution in [3.8, 4) is 5.88 Å². The number of nitrogens with one attached hydrogen (secondary N) is 1. The minimum atomic E-state index is -1.02. The summed E-state index contributed by atoms with van der Waals surface area (Å²) in [5.41, 5.74) is 0.569. The van der Waals surface area contributed by atoms with Gasteiger partial charge in [-0.2, -0.15) is 4.98 Å². The quantitative estimate of drug-likeness (QED) is 0.573. The topological polar surface area (TPSA) is 103 Å². The van der Waals surface area contributed by atoms with E-state index in [2.05, 4.69) is 9.97 Å². The Bertz CT molecular complexity index is 700. The molecule has 6 nitrogen and oxygen atoms in total. The summed E-state index contributed by atoms with van der Waals surface area (Å²) < 4.78 is 0. The van der Waals surface area contributed by atoms with Crippen LogP contribution in [0.4, 0.5) is 0 Å². The van der Waals surface area contributed by atoms with Crippen molar-refractivity contribution in [2.45, 2.75) is 23.8 Å². The lowest BCUT2D eigenvalue weighted by molar-refractivity contribution is -0.136. The number of aromatic amines is 1. The first-order valence-electron chi connectivity index (χ1n) is 6.23. The molecule has 1 unspecified atom stereocenters. The van der Waals surface area contributed by atoms with Gasteiger partial charge < -0.3 is 15.2 Å². The second kappa shape index (κ2) is 6.45. The number of carboxylic acid groups (broad SMARTS) is 1. The number of carbonyl (C=O) groups is 1. The Balaban J connectivity index is 2.26. The van der Waals surface area contributed by atoms with Crippen molar-refractivity contribution in [1.29, 1.82) is 0 Å². The molecular formula is C14H14N2O4S. The van der Waals surface area contributed by atoms with E-state index in [0.717, 1.165) is 17.3 Å². The van der Waals surface area contributed by atoms with Crippen LogP contribution in [0.5, 0.6) is 5.88 Å². The molecule has 1 heterocycles. The number of nitrogens with zero attached hydrogens (tertiary/aromatic N) is 1. The number of carboxylic acids is 1. The third-order valence-corrected chi connectivity index (χ3v) is 3.80. The van der Waals surface area contributed by atoms with Gasteiger partial charge in [0.05, 0.1) is 5.56 Å². The highest BCUT2D eigenvalue weighted by Crippen LogP contribution is 2.22. The molecule has 0 saturated heterocycles. The number of aromatic hydroxyl groups is 1. The molecule has 3 N–H and O–H groups in total. The van der Waals surface area contributed by atoms with E-state index in [-0.39, 0.29) is 23.0 Å². The summed E-state index contributed by atoms with van der Waals surface area (Å²) in [5.74, 6) is -1.39. The summed E-state index contributed by atoms with van der Waals surface area (Å²) in [4.78, 5) is 29.1. The lowest BCUT2D eigenvalue weighted by Gasteiger charge is -2.08. The third-order valence-electron chi connectivity index (χ3n) is 2.83. The summed E-state index contributed by atoms with van der Waals surface area (Å²) in [7, 11) is 0. The molecule has 0 fully saturated rings. The first kappa shape index (κ1) is 15.1. The summed E-state index contributed by atoms with van der Waals surface area (Å²) in [6.45, 7) is 1.47. The summed E-state index contributed by atoms with van der Waals surface area (Å²) in [5, 5.41) is 18.0. The van der Waals surface area contributed by atoms with Crippen LogP contribution in [0.25, 0.3) is 0 Å². The molecule has 7 heteroatoms. The number of rotatable bonds is 5. The Hall–Kier alpha value is -2.28. The Morgan fingerprint density at radius 2 is 2.05 bits per heavy atom. The lowest BCUT2D eigenvalue weighted by atomic mass is 10.1. The SMILES string of the molecule is CC(Sc1nc(O)c(Cc2ccccc2)c(=O)[nH]1)C(=O)O. The van der Waals surface area contributed by atoms with Crippen molar-refractivity contribution in [3.05, 3.63) is 51.8 Å². The van der Waals surface area contributed by atoms with Crippen molar-refractivity contribution in [2.75, 3.05) is 0 Å². The third kappa shape index (κ3) is 3.85. The molecule has 0 radical (unpaired) electrons. The van der Waals surface area contributed by atoms with Crippen molar-refractivity contribution in [1.82, 2.24) is 9.97 Å². The number of aliphatic carboxylic acids is 1. The molecule has 110 valence electrons. The molecule has 0 aliphatic carbocycles. The minimum absolute atomic E-state index is 0.0872. The number of aromatic nitrogens is 2. The Morgan fingerprint density at radius 1 is 1.38 bits per heavy atom. The van der Waals surface area contributed by atoms with E-state index in [4.69, 9.17) is 5.11 Å². The first-order valence-corrected chi connectivity index (χ1v) is 7.11. The van der Waals surface area contributed by atoms with E-state index in [1.54, 1.807) is 0 Å². The number of hydrogen-bond donors (Lipinski definition) is 3. The molecule has 1 aromatic heterocycles. The maximum atomic E-state index is 12.0. The Kier molecular flexibility index (Phi) is 4.64. The number of thioether (sulfide) groups is 1. The molecule has 0 saturated carbocycles. The average molecular weight is 306 g/mol. The zero-order chi connectivity index (χ0) is 15.4. The van der Waals surface area contributed by atoms with Crippen LogP contribution < -0.4 is 5.56 Å².